The first-order valence-electron chi connectivity index (χ1n) is 3.41. The molecule has 4 nitrogen and oxygen atoms in total. The van der Waals surface area contributed by atoms with Gasteiger partial charge in [0.1, 0.15) is 5.54 Å². The summed E-state index contributed by atoms with van der Waals surface area (Å²) in [6.07, 6.45) is 0. The number of hydrogen-bond donors (Lipinski definition) is 0. The molecule has 62 valence electrons. The van der Waals surface area contributed by atoms with Gasteiger partial charge < -0.3 is 4.74 Å². The molecule has 0 amide bonds. The molecule has 1 fully saturated rings. The van der Waals surface area contributed by atoms with Gasteiger partial charge in [-0.05, 0) is 20.9 Å². The van der Waals surface area contributed by atoms with Crippen LogP contribution in [0.4, 0.5) is 0 Å². The molecular formula is C7H11NO3. The highest BCUT2D eigenvalue weighted by Crippen LogP contribution is 2.18. The maximum absolute atomic E-state index is 11.1. The highest BCUT2D eigenvalue weighted by atomic mass is 16.6. The molecule has 0 N–H and O–H groups in total. The van der Waals surface area contributed by atoms with Gasteiger partial charge in [-0.3, -0.25) is 9.69 Å². The summed E-state index contributed by atoms with van der Waals surface area (Å²) >= 11 is 0. The Bertz CT molecular complexity index is 210. The molecule has 0 atom stereocenters. The molecule has 0 spiro atoms. The Morgan fingerprint density at radius 3 is 2.45 bits per heavy atom. The Hall–Kier alpha value is -0.900. The van der Waals surface area contributed by atoms with E-state index in [0.717, 1.165) is 0 Å². The zero-order valence-corrected chi connectivity index (χ0v) is 6.88. The van der Waals surface area contributed by atoms with Crippen molar-refractivity contribution >= 4 is 11.9 Å². The van der Waals surface area contributed by atoms with Crippen LogP contribution in [0.25, 0.3) is 0 Å². The molecule has 4 heteroatoms. The van der Waals surface area contributed by atoms with Crippen LogP contribution in [0.15, 0.2) is 0 Å². The van der Waals surface area contributed by atoms with Crippen LogP contribution in [0.2, 0.25) is 0 Å². The van der Waals surface area contributed by atoms with Crippen molar-refractivity contribution in [3.8, 4) is 0 Å². The van der Waals surface area contributed by atoms with Crippen LogP contribution in [0.3, 0.4) is 0 Å². The minimum atomic E-state index is -0.673. The number of likely N-dealkylation sites (N-methyl/N-ethyl adjacent to an activating group) is 1. The third-order valence-electron chi connectivity index (χ3n) is 2.03. The molecular weight excluding hydrogens is 146 g/mol. The number of carbonyl (C=O) groups is 2. The lowest BCUT2D eigenvalue weighted by atomic mass is 10.0. The van der Waals surface area contributed by atoms with Gasteiger partial charge in [-0.15, -0.1) is 0 Å². The maximum atomic E-state index is 11.1. The van der Waals surface area contributed by atoms with Crippen LogP contribution in [-0.4, -0.2) is 36.0 Å². The lowest BCUT2D eigenvalue weighted by Crippen LogP contribution is -2.56. The predicted octanol–water partition coefficient (Wildman–Crippen LogP) is -0.220. The van der Waals surface area contributed by atoms with Gasteiger partial charge >= 0.3 is 11.9 Å². The van der Waals surface area contributed by atoms with E-state index in [2.05, 4.69) is 4.74 Å². The number of cyclic esters (lactones) is 2. The zero-order chi connectivity index (χ0) is 8.65. The standard InChI is InChI=1S/C7H11NO3/c1-7(2)6(10)11-5(9)4-8(7)3/h4H2,1-3H3. The summed E-state index contributed by atoms with van der Waals surface area (Å²) in [5, 5.41) is 0. The van der Waals surface area contributed by atoms with Crippen molar-refractivity contribution in [1.82, 2.24) is 4.90 Å². The SMILES string of the molecule is CN1CC(=O)OC(=O)C1(C)C. The number of hydrogen-bond acceptors (Lipinski definition) is 4. The van der Waals surface area contributed by atoms with Crippen molar-refractivity contribution in [3.05, 3.63) is 0 Å². The topological polar surface area (TPSA) is 46.6 Å². The van der Waals surface area contributed by atoms with Gasteiger partial charge in [0.05, 0.1) is 6.54 Å². The Kier molecular flexibility index (Phi) is 1.72. The Balaban J connectivity index is 2.84. The van der Waals surface area contributed by atoms with Crippen LogP contribution >= 0.6 is 0 Å². The van der Waals surface area contributed by atoms with E-state index in [4.69, 9.17) is 0 Å². The van der Waals surface area contributed by atoms with E-state index < -0.39 is 17.5 Å². The van der Waals surface area contributed by atoms with Gasteiger partial charge in [0.15, 0.2) is 0 Å². The largest absolute Gasteiger partial charge is 0.391 e. The molecule has 1 aliphatic heterocycles. The second-order valence-corrected chi connectivity index (χ2v) is 3.18. The summed E-state index contributed by atoms with van der Waals surface area (Å²) in [6.45, 7) is 3.63. The van der Waals surface area contributed by atoms with E-state index in [1.165, 1.54) is 0 Å². The second kappa shape index (κ2) is 2.30. The summed E-state index contributed by atoms with van der Waals surface area (Å²) in [5.74, 6) is -0.951. The third-order valence-corrected chi connectivity index (χ3v) is 2.03. The van der Waals surface area contributed by atoms with Gasteiger partial charge in [0.2, 0.25) is 0 Å². The number of carbonyl (C=O) groups excluding carboxylic acids is 2. The lowest BCUT2D eigenvalue weighted by Gasteiger charge is -2.35. The fourth-order valence-electron chi connectivity index (χ4n) is 0.808. The van der Waals surface area contributed by atoms with E-state index in [9.17, 15) is 9.59 Å². The summed E-state index contributed by atoms with van der Waals surface area (Å²) in [6, 6.07) is 0. The Morgan fingerprint density at radius 1 is 1.45 bits per heavy atom. The molecule has 0 unspecified atom stereocenters. The van der Waals surface area contributed by atoms with Gasteiger partial charge in [-0.25, -0.2) is 4.79 Å². The van der Waals surface area contributed by atoms with E-state index in [-0.39, 0.29) is 6.54 Å². The van der Waals surface area contributed by atoms with Crippen LogP contribution in [0.5, 0.6) is 0 Å². The summed E-state index contributed by atoms with van der Waals surface area (Å²) in [7, 11) is 1.72. The van der Waals surface area contributed by atoms with Crippen molar-refractivity contribution in [2.75, 3.05) is 13.6 Å². The highest BCUT2D eigenvalue weighted by Gasteiger charge is 2.40. The van der Waals surface area contributed by atoms with E-state index in [1.54, 1.807) is 25.8 Å². The third kappa shape index (κ3) is 1.26. The smallest absolute Gasteiger partial charge is 0.333 e. The van der Waals surface area contributed by atoms with Crippen molar-refractivity contribution in [3.63, 3.8) is 0 Å². The summed E-state index contributed by atoms with van der Waals surface area (Å²) in [5.41, 5.74) is -0.673. The molecule has 0 aromatic rings. The van der Waals surface area contributed by atoms with Gasteiger partial charge in [-0.1, -0.05) is 0 Å². The Labute approximate surface area is 65.1 Å². The number of rotatable bonds is 0. The van der Waals surface area contributed by atoms with Gasteiger partial charge in [-0.2, -0.15) is 0 Å². The van der Waals surface area contributed by atoms with Crippen LogP contribution in [0.1, 0.15) is 13.8 Å². The van der Waals surface area contributed by atoms with Crippen LogP contribution < -0.4 is 0 Å². The van der Waals surface area contributed by atoms with E-state index in [0.29, 0.717) is 0 Å². The molecule has 0 saturated carbocycles. The number of morpholine rings is 1. The van der Waals surface area contributed by atoms with Gasteiger partial charge in [0, 0.05) is 0 Å². The minimum Gasteiger partial charge on any atom is -0.391 e. The normalized spacial score (nSPS) is 25.0. The quantitative estimate of drug-likeness (QED) is 0.360. The molecule has 0 bridgehead atoms. The predicted molar refractivity (Wildman–Crippen MR) is 37.8 cm³/mol. The average molecular weight is 157 g/mol. The fraction of sp³-hybridized carbons (Fsp3) is 0.714. The molecule has 0 aromatic heterocycles. The molecule has 11 heavy (non-hydrogen) atoms. The van der Waals surface area contributed by atoms with Crippen molar-refractivity contribution in [1.29, 1.82) is 0 Å². The maximum Gasteiger partial charge on any atom is 0.333 e. The molecule has 1 rings (SSSR count). The first kappa shape index (κ1) is 8.20. The van der Waals surface area contributed by atoms with E-state index in [1.807, 2.05) is 0 Å². The summed E-state index contributed by atoms with van der Waals surface area (Å²) < 4.78 is 4.45. The van der Waals surface area contributed by atoms with Crippen molar-refractivity contribution in [2.24, 2.45) is 0 Å². The van der Waals surface area contributed by atoms with Gasteiger partial charge in [0.25, 0.3) is 0 Å². The fourth-order valence-corrected chi connectivity index (χ4v) is 0.808. The van der Waals surface area contributed by atoms with Crippen LogP contribution in [0, 0.1) is 0 Å². The number of nitrogens with zero attached hydrogens (tertiary/aromatic N) is 1. The van der Waals surface area contributed by atoms with Crippen LogP contribution in [-0.2, 0) is 14.3 Å². The molecule has 0 radical (unpaired) electrons. The highest BCUT2D eigenvalue weighted by molar-refractivity contribution is 5.94. The molecule has 1 aliphatic rings. The first-order chi connectivity index (χ1) is 4.94. The monoisotopic (exact) mass is 157 g/mol. The van der Waals surface area contributed by atoms with Crippen molar-refractivity contribution < 1.29 is 14.3 Å². The number of ether oxygens (including phenoxy) is 1. The van der Waals surface area contributed by atoms with E-state index >= 15 is 0 Å². The molecule has 0 aromatic carbocycles. The van der Waals surface area contributed by atoms with Crippen molar-refractivity contribution in [2.45, 2.75) is 19.4 Å². The molecule has 1 saturated heterocycles. The number of esters is 2. The first-order valence-corrected chi connectivity index (χ1v) is 3.41. The minimum absolute atomic E-state index is 0.179. The zero-order valence-electron chi connectivity index (χ0n) is 6.88. The second-order valence-electron chi connectivity index (χ2n) is 3.18. The molecule has 0 aliphatic carbocycles. The average Bonchev–Trinajstić information content (AvgIpc) is 1.84. The lowest BCUT2D eigenvalue weighted by molar-refractivity contribution is -0.176. The summed E-state index contributed by atoms with van der Waals surface area (Å²) in [4.78, 5) is 23.4. The Morgan fingerprint density at radius 2 is 2.00 bits per heavy atom. The molecule has 1 heterocycles.